The number of alkyl halides is 6. The van der Waals surface area contributed by atoms with E-state index < -0.39 is 52.5 Å². The molecule has 3 aromatic rings. The minimum absolute atomic E-state index is 0.0701. The first-order valence-corrected chi connectivity index (χ1v) is 9.86. The molecule has 4 rings (SSSR count). The van der Waals surface area contributed by atoms with Crippen molar-refractivity contribution in [2.75, 3.05) is 0 Å². The van der Waals surface area contributed by atoms with Crippen LogP contribution in [0.1, 0.15) is 28.2 Å². The summed E-state index contributed by atoms with van der Waals surface area (Å²) >= 11 is 0. The molecule has 1 aliphatic heterocycles. The van der Waals surface area contributed by atoms with Crippen LogP contribution in [0.4, 0.5) is 26.3 Å². The lowest BCUT2D eigenvalue weighted by Crippen LogP contribution is -2.17. The van der Waals surface area contributed by atoms with Crippen LogP contribution in [0, 0.1) is 0 Å². The highest BCUT2D eigenvalue weighted by Gasteiger charge is 2.44. The van der Waals surface area contributed by atoms with Gasteiger partial charge < -0.3 is 4.74 Å². The van der Waals surface area contributed by atoms with Crippen molar-refractivity contribution in [2.24, 2.45) is 0 Å². The minimum Gasteiger partial charge on any atom is -0.422 e. The van der Waals surface area contributed by atoms with E-state index in [0.29, 0.717) is 17.7 Å². The standard InChI is InChI=1S/C25H14F6O3/c26-24(27,28)18-11-17(12-19(13-18)25(29,30)31)21-22(32)20(34-23(21)33)10-14-6-8-16(9-7-14)15-4-2-1-3-5-15/h1-13,21H. The van der Waals surface area contributed by atoms with Gasteiger partial charge in [0.05, 0.1) is 11.1 Å². The number of hydrogen-bond donors (Lipinski definition) is 0. The summed E-state index contributed by atoms with van der Waals surface area (Å²) in [5, 5.41) is 0. The highest BCUT2D eigenvalue weighted by Crippen LogP contribution is 2.40. The molecule has 0 aliphatic carbocycles. The first-order chi connectivity index (χ1) is 15.9. The number of cyclic esters (lactones) is 1. The summed E-state index contributed by atoms with van der Waals surface area (Å²) in [6.45, 7) is 0. The third kappa shape index (κ3) is 4.73. The number of halogens is 6. The summed E-state index contributed by atoms with van der Waals surface area (Å²) in [7, 11) is 0. The van der Waals surface area contributed by atoms with Gasteiger partial charge in [-0.3, -0.25) is 9.59 Å². The first-order valence-electron chi connectivity index (χ1n) is 9.86. The summed E-state index contributed by atoms with van der Waals surface area (Å²) in [6, 6.07) is 16.8. The molecule has 1 fully saturated rings. The van der Waals surface area contributed by atoms with Crippen LogP contribution in [0.25, 0.3) is 17.2 Å². The molecule has 3 nitrogen and oxygen atoms in total. The molecule has 174 valence electrons. The Balaban J connectivity index is 1.66. The fourth-order valence-electron chi connectivity index (χ4n) is 3.55. The monoisotopic (exact) mass is 476 g/mol. The van der Waals surface area contributed by atoms with E-state index in [1.165, 1.54) is 6.08 Å². The van der Waals surface area contributed by atoms with E-state index in [1.54, 1.807) is 24.3 Å². The maximum absolute atomic E-state index is 13.2. The molecule has 34 heavy (non-hydrogen) atoms. The molecular weight excluding hydrogens is 462 g/mol. The molecule has 0 spiro atoms. The van der Waals surface area contributed by atoms with Gasteiger partial charge in [-0.25, -0.2) is 0 Å². The molecule has 1 aliphatic rings. The average Bonchev–Trinajstić information content (AvgIpc) is 3.06. The summed E-state index contributed by atoms with van der Waals surface area (Å²) in [5.74, 6) is -4.67. The topological polar surface area (TPSA) is 43.4 Å². The molecule has 0 radical (unpaired) electrons. The maximum atomic E-state index is 13.2. The van der Waals surface area contributed by atoms with Crippen LogP contribution in [0.15, 0.2) is 78.6 Å². The Hall–Kier alpha value is -3.88. The lowest BCUT2D eigenvalue weighted by molar-refractivity contribution is -0.144. The van der Waals surface area contributed by atoms with Gasteiger partial charge in [0, 0.05) is 0 Å². The van der Waals surface area contributed by atoms with Crippen molar-refractivity contribution in [3.05, 3.63) is 101 Å². The molecule has 1 atom stereocenters. The van der Waals surface area contributed by atoms with E-state index in [9.17, 15) is 35.9 Å². The Morgan fingerprint density at radius 2 is 1.24 bits per heavy atom. The van der Waals surface area contributed by atoms with Gasteiger partial charge in [-0.2, -0.15) is 26.3 Å². The summed E-state index contributed by atoms with van der Waals surface area (Å²) in [6.07, 6.45) is -9.01. The Morgan fingerprint density at radius 1 is 0.706 bits per heavy atom. The molecule has 1 unspecified atom stereocenters. The van der Waals surface area contributed by atoms with Crippen LogP contribution in [0.5, 0.6) is 0 Å². The van der Waals surface area contributed by atoms with Gasteiger partial charge in [0.15, 0.2) is 5.76 Å². The molecule has 9 heteroatoms. The third-order valence-electron chi connectivity index (χ3n) is 5.21. The number of Topliss-reactive ketones (excluding diaryl/α,β-unsaturated/α-hetero) is 1. The predicted molar refractivity (Wildman–Crippen MR) is 110 cm³/mol. The van der Waals surface area contributed by atoms with E-state index in [0.717, 1.165) is 11.1 Å². The number of carbonyl (C=O) groups is 2. The number of benzene rings is 3. The van der Waals surface area contributed by atoms with Gasteiger partial charge >= 0.3 is 18.3 Å². The second-order valence-electron chi connectivity index (χ2n) is 7.55. The fraction of sp³-hybridized carbons (Fsp3) is 0.120. The lowest BCUT2D eigenvalue weighted by atomic mass is 9.91. The molecule has 1 heterocycles. The van der Waals surface area contributed by atoms with E-state index in [2.05, 4.69) is 0 Å². The van der Waals surface area contributed by atoms with Crippen molar-refractivity contribution >= 4 is 17.8 Å². The van der Waals surface area contributed by atoms with Crippen LogP contribution in [0.3, 0.4) is 0 Å². The largest absolute Gasteiger partial charge is 0.422 e. The van der Waals surface area contributed by atoms with Gasteiger partial charge in [-0.15, -0.1) is 0 Å². The van der Waals surface area contributed by atoms with Crippen LogP contribution in [0.2, 0.25) is 0 Å². The Morgan fingerprint density at radius 3 is 1.76 bits per heavy atom. The molecule has 0 N–H and O–H groups in total. The smallest absolute Gasteiger partial charge is 0.416 e. The minimum atomic E-state index is -5.11. The molecule has 0 bridgehead atoms. The van der Waals surface area contributed by atoms with Gasteiger partial charge in [0.2, 0.25) is 5.78 Å². The molecular formula is C25H14F6O3. The van der Waals surface area contributed by atoms with E-state index >= 15 is 0 Å². The van der Waals surface area contributed by atoms with Crippen molar-refractivity contribution in [3.63, 3.8) is 0 Å². The van der Waals surface area contributed by atoms with Crippen molar-refractivity contribution in [1.29, 1.82) is 0 Å². The number of ketones is 1. The summed E-state index contributed by atoms with van der Waals surface area (Å²) in [4.78, 5) is 25.1. The van der Waals surface area contributed by atoms with E-state index in [4.69, 9.17) is 4.74 Å². The van der Waals surface area contributed by atoms with Crippen LogP contribution < -0.4 is 0 Å². The second kappa shape index (κ2) is 8.48. The maximum Gasteiger partial charge on any atom is 0.416 e. The normalized spacial score (nSPS) is 17.8. The highest BCUT2D eigenvalue weighted by molar-refractivity contribution is 6.19. The molecule has 0 saturated carbocycles. The molecule has 1 saturated heterocycles. The van der Waals surface area contributed by atoms with Crippen LogP contribution in [-0.4, -0.2) is 11.8 Å². The van der Waals surface area contributed by atoms with Crippen LogP contribution in [-0.2, 0) is 26.7 Å². The van der Waals surface area contributed by atoms with E-state index in [-0.39, 0.29) is 6.07 Å². The lowest BCUT2D eigenvalue weighted by Gasteiger charge is -2.15. The Bertz CT molecular complexity index is 1240. The predicted octanol–water partition coefficient (Wildman–Crippen LogP) is 6.64. The molecule has 0 aromatic heterocycles. The highest BCUT2D eigenvalue weighted by atomic mass is 19.4. The Labute approximate surface area is 189 Å². The van der Waals surface area contributed by atoms with E-state index in [1.807, 2.05) is 30.3 Å². The van der Waals surface area contributed by atoms with Crippen molar-refractivity contribution in [1.82, 2.24) is 0 Å². The van der Waals surface area contributed by atoms with Gasteiger partial charge in [-0.1, -0.05) is 54.6 Å². The third-order valence-corrected chi connectivity index (χ3v) is 5.21. The Kier molecular flexibility index (Phi) is 5.80. The summed E-state index contributed by atoms with van der Waals surface area (Å²) in [5.41, 5.74) is -1.70. The summed E-state index contributed by atoms with van der Waals surface area (Å²) < 4.78 is 83.9. The van der Waals surface area contributed by atoms with Gasteiger partial charge in [0.25, 0.3) is 0 Å². The number of rotatable bonds is 3. The van der Waals surface area contributed by atoms with Gasteiger partial charge in [0.1, 0.15) is 5.92 Å². The number of allylic oxidation sites excluding steroid dienone is 1. The van der Waals surface area contributed by atoms with Crippen molar-refractivity contribution < 1.29 is 40.7 Å². The second-order valence-corrected chi connectivity index (χ2v) is 7.55. The molecule has 0 amide bonds. The fourth-order valence-corrected chi connectivity index (χ4v) is 3.55. The zero-order valence-electron chi connectivity index (χ0n) is 17.1. The van der Waals surface area contributed by atoms with Crippen molar-refractivity contribution in [2.45, 2.75) is 18.3 Å². The average molecular weight is 476 g/mol. The first kappa shape index (κ1) is 23.3. The van der Waals surface area contributed by atoms with Crippen molar-refractivity contribution in [3.8, 4) is 11.1 Å². The molecule has 3 aromatic carbocycles. The number of hydrogen-bond acceptors (Lipinski definition) is 3. The number of ether oxygens (including phenoxy) is 1. The number of carbonyl (C=O) groups excluding carboxylic acids is 2. The number of esters is 1. The zero-order valence-corrected chi connectivity index (χ0v) is 17.1. The van der Waals surface area contributed by atoms with Gasteiger partial charge in [-0.05, 0) is 46.5 Å². The zero-order chi connectivity index (χ0) is 24.7. The quantitative estimate of drug-likeness (QED) is 0.184. The SMILES string of the molecule is O=C1OC(=Cc2ccc(-c3ccccc3)cc2)C(=O)C1c1cc(C(F)(F)F)cc(C(F)(F)F)c1. The van der Waals surface area contributed by atoms with Crippen LogP contribution >= 0.6 is 0 Å².